The highest BCUT2D eigenvalue weighted by Gasteiger charge is 2.33. The number of anilines is 2. The molecule has 0 bridgehead atoms. The van der Waals surface area contributed by atoms with E-state index in [4.69, 9.17) is 11.6 Å². The van der Waals surface area contributed by atoms with Gasteiger partial charge >= 0.3 is 0 Å². The van der Waals surface area contributed by atoms with Crippen molar-refractivity contribution in [3.8, 4) is 0 Å². The Hall–Kier alpha value is -2.09. The van der Waals surface area contributed by atoms with E-state index in [1.807, 2.05) is 6.92 Å². The van der Waals surface area contributed by atoms with E-state index >= 15 is 0 Å². The Morgan fingerprint density at radius 3 is 2.57 bits per heavy atom. The number of hydrogen-bond donors (Lipinski definition) is 3. The minimum absolute atomic E-state index is 0.124. The normalized spacial score (nSPS) is 18.6. The molecule has 6 nitrogen and oxygen atoms in total. The number of aryl methyl sites for hydroxylation is 1. The first kappa shape index (κ1) is 15.8. The predicted molar refractivity (Wildman–Crippen MR) is 89.0 cm³/mol. The molecular weight excluding hydrogens is 338 g/mol. The average molecular weight is 352 g/mol. The highest BCUT2D eigenvalue weighted by molar-refractivity contribution is 7.89. The third kappa shape index (κ3) is 3.31. The zero-order valence-corrected chi connectivity index (χ0v) is 13.7. The molecule has 0 fully saturated rings. The number of benzene rings is 2. The van der Waals surface area contributed by atoms with E-state index in [0.29, 0.717) is 16.4 Å². The van der Waals surface area contributed by atoms with Crippen LogP contribution in [0, 0.1) is 6.92 Å². The van der Waals surface area contributed by atoms with Gasteiger partial charge in [0.05, 0.1) is 5.69 Å². The molecule has 1 amide bonds. The number of sulfonamides is 1. The van der Waals surface area contributed by atoms with Gasteiger partial charge in [0, 0.05) is 10.7 Å². The van der Waals surface area contributed by atoms with Crippen molar-refractivity contribution in [1.29, 1.82) is 0 Å². The van der Waals surface area contributed by atoms with Gasteiger partial charge in [-0.3, -0.25) is 4.79 Å². The number of nitrogens with one attached hydrogen (secondary N) is 3. The van der Waals surface area contributed by atoms with Gasteiger partial charge in [0.1, 0.15) is 4.90 Å². The van der Waals surface area contributed by atoms with Crippen LogP contribution in [0.25, 0.3) is 0 Å². The molecular formula is C15H14ClN3O3S. The molecule has 1 aliphatic rings. The summed E-state index contributed by atoms with van der Waals surface area (Å²) < 4.78 is 26.8. The fraction of sp³-hybridized carbons (Fsp3) is 0.133. The molecule has 2 aromatic rings. The van der Waals surface area contributed by atoms with E-state index in [1.165, 1.54) is 6.07 Å². The van der Waals surface area contributed by atoms with Crippen molar-refractivity contribution < 1.29 is 13.2 Å². The van der Waals surface area contributed by atoms with Crippen molar-refractivity contribution in [2.75, 3.05) is 10.6 Å². The third-order valence-corrected chi connectivity index (χ3v) is 5.10. The monoisotopic (exact) mass is 351 g/mol. The van der Waals surface area contributed by atoms with E-state index in [2.05, 4.69) is 15.4 Å². The minimum Gasteiger partial charge on any atom is -0.360 e. The van der Waals surface area contributed by atoms with Gasteiger partial charge < -0.3 is 10.6 Å². The van der Waals surface area contributed by atoms with Crippen LogP contribution in [0.1, 0.15) is 5.56 Å². The van der Waals surface area contributed by atoms with Gasteiger partial charge in [-0.15, -0.1) is 0 Å². The molecule has 120 valence electrons. The van der Waals surface area contributed by atoms with Gasteiger partial charge in [-0.2, -0.15) is 4.72 Å². The molecule has 1 unspecified atom stereocenters. The number of hydrogen-bond acceptors (Lipinski definition) is 4. The highest BCUT2D eigenvalue weighted by atomic mass is 35.5. The van der Waals surface area contributed by atoms with E-state index in [9.17, 15) is 13.2 Å². The van der Waals surface area contributed by atoms with Gasteiger partial charge in [-0.25, -0.2) is 8.42 Å². The Morgan fingerprint density at radius 1 is 1.17 bits per heavy atom. The molecule has 2 aromatic carbocycles. The standard InChI is InChI=1S/C15H14ClN3O3S/c1-9-2-7-13-12(8-9)18-14(19-23(13,21)22)15(20)17-11-5-3-10(16)4-6-11/h2-8,14,18-19H,1H3,(H,17,20). The van der Waals surface area contributed by atoms with Crippen molar-refractivity contribution in [1.82, 2.24) is 4.72 Å². The lowest BCUT2D eigenvalue weighted by Crippen LogP contribution is -2.51. The second-order valence-electron chi connectivity index (χ2n) is 5.19. The zero-order valence-electron chi connectivity index (χ0n) is 12.1. The molecule has 1 atom stereocenters. The summed E-state index contributed by atoms with van der Waals surface area (Å²) in [6.07, 6.45) is -1.09. The van der Waals surface area contributed by atoms with Crippen molar-refractivity contribution in [2.45, 2.75) is 18.0 Å². The van der Waals surface area contributed by atoms with Crippen LogP contribution in [0.3, 0.4) is 0 Å². The summed E-state index contributed by atoms with van der Waals surface area (Å²) in [7, 11) is -3.75. The number of halogens is 1. The van der Waals surface area contributed by atoms with E-state index < -0.39 is 22.1 Å². The summed E-state index contributed by atoms with van der Waals surface area (Å²) in [5, 5.41) is 6.08. The molecule has 3 rings (SSSR count). The van der Waals surface area contributed by atoms with Crippen molar-refractivity contribution in [3.05, 3.63) is 53.1 Å². The molecule has 0 aliphatic carbocycles. The van der Waals surface area contributed by atoms with Gasteiger partial charge in [-0.05, 0) is 48.9 Å². The lowest BCUT2D eigenvalue weighted by molar-refractivity contribution is -0.117. The second kappa shape index (κ2) is 5.84. The summed E-state index contributed by atoms with van der Waals surface area (Å²) in [5.41, 5.74) is 1.82. The van der Waals surface area contributed by atoms with Crippen LogP contribution in [0.4, 0.5) is 11.4 Å². The van der Waals surface area contributed by atoms with Crippen LogP contribution in [0.2, 0.25) is 5.02 Å². The maximum Gasteiger partial charge on any atom is 0.262 e. The summed E-state index contributed by atoms with van der Waals surface area (Å²) in [5.74, 6) is -0.511. The van der Waals surface area contributed by atoms with Crippen LogP contribution in [-0.4, -0.2) is 20.5 Å². The third-order valence-electron chi connectivity index (χ3n) is 3.37. The maximum absolute atomic E-state index is 12.3. The Morgan fingerprint density at radius 2 is 1.87 bits per heavy atom. The van der Waals surface area contributed by atoms with Gasteiger partial charge in [0.25, 0.3) is 5.91 Å². The average Bonchev–Trinajstić information content (AvgIpc) is 2.48. The summed E-state index contributed by atoms with van der Waals surface area (Å²) in [4.78, 5) is 12.4. The number of carbonyl (C=O) groups excluding carboxylic acids is 1. The zero-order chi connectivity index (χ0) is 16.6. The van der Waals surface area contributed by atoms with Crippen molar-refractivity contribution >= 4 is 38.9 Å². The Labute approximate surface area is 138 Å². The Balaban J connectivity index is 1.84. The Bertz CT molecular complexity index is 866. The number of carbonyl (C=O) groups is 1. The molecule has 0 aromatic heterocycles. The summed E-state index contributed by atoms with van der Waals surface area (Å²) >= 11 is 5.79. The molecule has 0 radical (unpaired) electrons. The number of fused-ring (bicyclic) bond motifs is 1. The molecule has 0 saturated carbocycles. The Kier molecular flexibility index (Phi) is 4.01. The fourth-order valence-corrected chi connectivity index (χ4v) is 3.65. The minimum atomic E-state index is -3.75. The van der Waals surface area contributed by atoms with Crippen LogP contribution < -0.4 is 15.4 Å². The van der Waals surface area contributed by atoms with Crippen molar-refractivity contribution in [3.63, 3.8) is 0 Å². The SMILES string of the molecule is Cc1ccc2c(c1)NC(C(=O)Nc1ccc(Cl)cc1)NS2(=O)=O. The predicted octanol–water partition coefficient (Wildman–Crippen LogP) is 2.32. The quantitative estimate of drug-likeness (QED) is 0.774. The van der Waals surface area contributed by atoms with Crippen molar-refractivity contribution in [2.24, 2.45) is 0 Å². The lowest BCUT2D eigenvalue weighted by atomic mass is 10.2. The smallest absolute Gasteiger partial charge is 0.262 e. The first-order valence-electron chi connectivity index (χ1n) is 6.81. The van der Waals surface area contributed by atoms with E-state index in [0.717, 1.165) is 5.56 Å². The molecule has 1 heterocycles. The molecule has 23 heavy (non-hydrogen) atoms. The second-order valence-corrected chi connectivity index (χ2v) is 7.31. The van der Waals surface area contributed by atoms with Crippen LogP contribution in [-0.2, 0) is 14.8 Å². The molecule has 0 saturated heterocycles. The van der Waals surface area contributed by atoms with Gasteiger partial charge in [0.2, 0.25) is 10.0 Å². The molecule has 3 N–H and O–H groups in total. The molecule has 0 spiro atoms. The van der Waals surface area contributed by atoms with Gasteiger partial charge in [0.15, 0.2) is 6.17 Å². The summed E-state index contributed by atoms with van der Waals surface area (Å²) in [6.45, 7) is 1.85. The fourth-order valence-electron chi connectivity index (χ4n) is 2.26. The topological polar surface area (TPSA) is 87.3 Å². The first-order valence-corrected chi connectivity index (χ1v) is 8.67. The van der Waals surface area contributed by atoms with Crippen LogP contribution in [0.15, 0.2) is 47.4 Å². The molecule has 1 aliphatic heterocycles. The van der Waals surface area contributed by atoms with Gasteiger partial charge in [-0.1, -0.05) is 17.7 Å². The van der Waals surface area contributed by atoms with E-state index in [-0.39, 0.29) is 4.90 Å². The first-order chi connectivity index (χ1) is 10.8. The lowest BCUT2D eigenvalue weighted by Gasteiger charge is -2.27. The van der Waals surface area contributed by atoms with E-state index in [1.54, 1.807) is 36.4 Å². The number of amides is 1. The van der Waals surface area contributed by atoms with Crippen LogP contribution in [0.5, 0.6) is 0 Å². The molecule has 8 heteroatoms. The maximum atomic E-state index is 12.3. The highest BCUT2D eigenvalue weighted by Crippen LogP contribution is 2.27. The number of rotatable bonds is 2. The summed E-state index contributed by atoms with van der Waals surface area (Å²) in [6, 6.07) is 11.4. The van der Waals surface area contributed by atoms with Crippen LogP contribution >= 0.6 is 11.6 Å². The largest absolute Gasteiger partial charge is 0.360 e.